The molecule has 3 N–H and O–H groups in total. The van der Waals surface area contributed by atoms with Gasteiger partial charge >= 0.3 is 0 Å². The molecular formula is C11H24N2OS. The average Bonchev–Trinajstić information content (AvgIpc) is 2.15. The Balaban J connectivity index is 3.56. The van der Waals surface area contributed by atoms with E-state index in [0.717, 1.165) is 18.6 Å². The lowest BCUT2D eigenvalue weighted by Gasteiger charge is -2.14. The number of carbonyl (C=O) groups is 1. The molecule has 15 heavy (non-hydrogen) atoms. The van der Waals surface area contributed by atoms with E-state index in [1.807, 2.05) is 13.2 Å². The molecule has 0 heterocycles. The summed E-state index contributed by atoms with van der Waals surface area (Å²) >= 11 is 1.75. The van der Waals surface area contributed by atoms with E-state index in [4.69, 9.17) is 5.73 Å². The highest BCUT2D eigenvalue weighted by molar-refractivity contribution is 7.98. The lowest BCUT2D eigenvalue weighted by Crippen LogP contribution is -2.34. The predicted molar refractivity (Wildman–Crippen MR) is 68.1 cm³/mol. The zero-order valence-electron chi connectivity index (χ0n) is 10.1. The summed E-state index contributed by atoms with van der Waals surface area (Å²) < 4.78 is 0. The van der Waals surface area contributed by atoms with Crippen molar-refractivity contribution >= 4 is 17.7 Å². The molecule has 0 aliphatic rings. The number of nitrogens with two attached hydrogens (primary N) is 1. The van der Waals surface area contributed by atoms with E-state index in [9.17, 15) is 4.79 Å². The first-order chi connectivity index (χ1) is 7.10. The van der Waals surface area contributed by atoms with Gasteiger partial charge in [-0.1, -0.05) is 6.92 Å². The van der Waals surface area contributed by atoms with Crippen LogP contribution in [0.1, 0.15) is 33.1 Å². The van der Waals surface area contributed by atoms with Crippen molar-refractivity contribution in [2.75, 3.05) is 18.6 Å². The fourth-order valence-corrected chi connectivity index (χ4v) is 2.03. The molecule has 0 aromatic rings. The van der Waals surface area contributed by atoms with Crippen LogP contribution in [0.2, 0.25) is 0 Å². The molecule has 4 heteroatoms. The highest BCUT2D eigenvalue weighted by Crippen LogP contribution is 2.09. The number of amides is 1. The second kappa shape index (κ2) is 9.04. The predicted octanol–water partition coefficient (Wildman–Crippen LogP) is 1.62. The van der Waals surface area contributed by atoms with Gasteiger partial charge in [0, 0.05) is 18.2 Å². The van der Waals surface area contributed by atoms with Crippen LogP contribution in [0.25, 0.3) is 0 Å². The standard InChI is InChI=1S/C11H24N2OS/c1-9(6-7-12)4-5-11(14)13-10(2)8-15-3/h9-10H,4-8,12H2,1-3H3,(H,13,14). The van der Waals surface area contributed by atoms with Crippen LogP contribution in [0.3, 0.4) is 0 Å². The van der Waals surface area contributed by atoms with Gasteiger partial charge in [-0.15, -0.1) is 0 Å². The van der Waals surface area contributed by atoms with Crippen molar-refractivity contribution in [3.8, 4) is 0 Å². The molecule has 0 aromatic carbocycles. The van der Waals surface area contributed by atoms with Crippen molar-refractivity contribution in [3.63, 3.8) is 0 Å². The van der Waals surface area contributed by atoms with E-state index in [1.165, 1.54) is 0 Å². The molecule has 1 amide bonds. The van der Waals surface area contributed by atoms with Gasteiger partial charge < -0.3 is 11.1 Å². The van der Waals surface area contributed by atoms with Crippen LogP contribution in [0.15, 0.2) is 0 Å². The van der Waals surface area contributed by atoms with E-state index >= 15 is 0 Å². The Labute approximate surface area is 97.6 Å². The summed E-state index contributed by atoms with van der Waals surface area (Å²) in [5.74, 6) is 1.70. The molecule has 0 radical (unpaired) electrons. The number of rotatable bonds is 8. The van der Waals surface area contributed by atoms with Gasteiger partial charge in [0.2, 0.25) is 5.91 Å². The van der Waals surface area contributed by atoms with E-state index in [1.54, 1.807) is 11.8 Å². The second-order valence-electron chi connectivity index (χ2n) is 4.15. The highest BCUT2D eigenvalue weighted by Gasteiger charge is 2.08. The fraction of sp³-hybridized carbons (Fsp3) is 0.909. The quantitative estimate of drug-likeness (QED) is 0.668. The fourth-order valence-electron chi connectivity index (χ4n) is 1.45. The van der Waals surface area contributed by atoms with Crippen molar-refractivity contribution < 1.29 is 4.79 Å². The molecule has 0 rings (SSSR count). The van der Waals surface area contributed by atoms with Gasteiger partial charge in [0.05, 0.1) is 0 Å². The minimum Gasteiger partial charge on any atom is -0.353 e. The number of carbonyl (C=O) groups excluding carboxylic acids is 1. The first-order valence-electron chi connectivity index (χ1n) is 5.58. The summed E-state index contributed by atoms with van der Waals surface area (Å²) in [7, 11) is 0. The van der Waals surface area contributed by atoms with Crippen molar-refractivity contribution in [2.45, 2.75) is 39.2 Å². The highest BCUT2D eigenvalue weighted by atomic mass is 32.2. The molecule has 0 aliphatic heterocycles. The molecule has 0 aliphatic carbocycles. The van der Waals surface area contributed by atoms with Gasteiger partial charge in [0.1, 0.15) is 0 Å². The normalized spacial score (nSPS) is 14.7. The average molecular weight is 232 g/mol. The van der Waals surface area contributed by atoms with Crippen LogP contribution in [0.5, 0.6) is 0 Å². The minimum absolute atomic E-state index is 0.167. The first-order valence-corrected chi connectivity index (χ1v) is 6.97. The van der Waals surface area contributed by atoms with E-state index in [0.29, 0.717) is 18.9 Å². The van der Waals surface area contributed by atoms with Crippen LogP contribution in [-0.2, 0) is 4.79 Å². The third-order valence-corrected chi connectivity index (χ3v) is 3.18. The van der Waals surface area contributed by atoms with Gasteiger partial charge in [-0.3, -0.25) is 4.79 Å². The molecule has 0 fully saturated rings. The van der Waals surface area contributed by atoms with Crippen LogP contribution >= 0.6 is 11.8 Å². The third kappa shape index (κ3) is 8.75. The van der Waals surface area contributed by atoms with Crippen molar-refractivity contribution in [2.24, 2.45) is 11.7 Å². The van der Waals surface area contributed by atoms with Gasteiger partial charge in [-0.05, 0) is 38.5 Å². The van der Waals surface area contributed by atoms with Gasteiger partial charge in [-0.25, -0.2) is 0 Å². The third-order valence-electron chi connectivity index (χ3n) is 2.35. The van der Waals surface area contributed by atoms with Gasteiger partial charge in [-0.2, -0.15) is 11.8 Å². The van der Waals surface area contributed by atoms with Gasteiger partial charge in [0.25, 0.3) is 0 Å². The molecule has 0 saturated heterocycles. The zero-order valence-corrected chi connectivity index (χ0v) is 10.9. The molecule has 0 saturated carbocycles. The van der Waals surface area contributed by atoms with Crippen LogP contribution in [0, 0.1) is 5.92 Å². The van der Waals surface area contributed by atoms with Crippen LogP contribution in [0.4, 0.5) is 0 Å². The molecule has 3 nitrogen and oxygen atoms in total. The lowest BCUT2D eigenvalue weighted by molar-refractivity contribution is -0.121. The molecule has 0 bridgehead atoms. The number of hydrogen-bond acceptors (Lipinski definition) is 3. The Hall–Kier alpha value is -0.220. The largest absolute Gasteiger partial charge is 0.353 e. The zero-order chi connectivity index (χ0) is 11.7. The lowest BCUT2D eigenvalue weighted by atomic mass is 10.0. The van der Waals surface area contributed by atoms with Crippen molar-refractivity contribution in [1.82, 2.24) is 5.32 Å². The number of hydrogen-bond donors (Lipinski definition) is 2. The summed E-state index contributed by atoms with van der Waals surface area (Å²) in [4.78, 5) is 11.5. The number of nitrogens with one attached hydrogen (secondary N) is 1. The Morgan fingerprint density at radius 1 is 1.40 bits per heavy atom. The Morgan fingerprint density at radius 3 is 2.60 bits per heavy atom. The Kier molecular flexibility index (Phi) is 8.91. The summed E-state index contributed by atoms with van der Waals surface area (Å²) in [5, 5.41) is 2.99. The summed E-state index contributed by atoms with van der Waals surface area (Å²) in [6.45, 7) is 4.90. The molecule has 2 atom stereocenters. The van der Waals surface area contributed by atoms with Crippen LogP contribution in [-0.4, -0.2) is 30.5 Å². The second-order valence-corrected chi connectivity index (χ2v) is 5.06. The van der Waals surface area contributed by atoms with Crippen LogP contribution < -0.4 is 11.1 Å². The maximum Gasteiger partial charge on any atom is 0.220 e. The van der Waals surface area contributed by atoms with Crippen molar-refractivity contribution in [3.05, 3.63) is 0 Å². The Bertz CT molecular complexity index is 176. The topological polar surface area (TPSA) is 55.1 Å². The summed E-state index contributed by atoms with van der Waals surface area (Å²) in [6, 6.07) is 0.275. The molecule has 90 valence electrons. The molecule has 0 spiro atoms. The summed E-state index contributed by atoms with van der Waals surface area (Å²) in [5.41, 5.74) is 5.45. The summed E-state index contributed by atoms with van der Waals surface area (Å²) in [6.07, 6.45) is 4.62. The molecule has 2 unspecified atom stereocenters. The maximum atomic E-state index is 11.5. The first kappa shape index (κ1) is 14.8. The SMILES string of the molecule is CSCC(C)NC(=O)CCC(C)CCN. The number of thioether (sulfide) groups is 1. The maximum absolute atomic E-state index is 11.5. The minimum atomic E-state index is 0.167. The van der Waals surface area contributed by atoms with E-state index in [2.05, 4.69) is 12.2 Å². The van der Waals surface area contributed by atoms with Crippen molar-refractivity contribution in [1.29, 1.82) is 0 Å². The Morgan fingerprint density at radius 2 is 2.07 bits per heavy atom. The van der Waals surface area contributed by atoms with Gasteiger partial charge in [0.15, 0.2) is 0 Å². The van der Waals surface area contributed by atoms with E-state index < -0.39 is 0 Å². The molecular weight excluding hydrogens is 208 g/mol. The monoisotopic (exact) mass is 232 g/mol. The van der Waals surface area contributed by atoms with E-state index in [-0.39, 0.29) is 11.9 Å². The molecule has 0 aromatic heterocycles. The smallest absolute Gasteiger partial charge is 0.220 e.